The predicted octanol–water partition coefficient (Wildman–Crippen LogP) is 6.04. The maximum absolute atomic E-state index is 12.8. The molecule has 37 heavy (non-hydrogen) atoms. The molecule has 1 aromatic heterocycles. The Kier molecular flexibility index (Phi) is 7.32. The molecule has 0 atom stereocenters. The number of nitrogens with zero attached hydrogens (tertiary/aromatic N) is 3. The fraction of sp³-hybridized carbons (Fsp3) is 0.241. The van der Waals surface area contributed by atoms with Crippen LogP contribution in [0, 0.1) is 0 Å². The van der Waals surface area contributed by atoms with Crippen LogP contribution in [-0.4, -0.2) is 34.9 Å². The molecular weight excluding hydrogens is 488 g/mol. The molecule has 0 spiro atoms. The largest absolute Gasteiger partial charge is 0.419 e. The number of esters is 1. The van der Waals surface area contributed by atoms with Crippen LogP contribution < -0.4 is 15.0 Å². The van der Waals surface area contributed by atoms with Gasteiger partial charge < -0.3 is 15.0 Å². The Bertz CT molecular complexity index is 1450. The first-order valence-electron chi connectivity index (χ1n) is 12.3. The van der Waals surface area contributed by atoms with E-state index in [1.54, 1.807) is 0 Å². The molecule has 7 nitrogen and oxygen atoms in total. The number of benzene rings is 3. The highest BCUT2D eigenvalue weighted by atomic mass is 35.5. The van der Waals surface area contributed by atoms with Gasteiger partial charge >= 0.3 is 5.97 Å². The molecule has 1 N–H and O–H groups in total. The van der Waals surface area contributed by atoms with E-state index in [0.29, 0.717) is 29.3 Å². The number of amides is 1. The van der Waals surface area contributed by atoms with E-state index in [0.717, 1.165) is 48.7 Å². The van der Waals surface area contributed by atoms with Gasteiger partial charge in [-0.25, -0.2) is 9.97 Å². The third-order valence-corrected chi connectivity index (χ3v) is 6.60. The molecule has 1 amide bonds. The van der Waals surface area contributed by atoms with Crippen molar-refractivity contribution in [3.05, 3.63) is 88.8 Å². The Morgan fingerprint density at radius 2 is 1.68 bits per heavy atom. The van der Waals surface area contributed by atoms with Crippen LogP contribution in [0.3, 0.4) is 0 Å². The van der Waals surface area contributed by atoms with Crippen LogP contribution in [0.25, 0.3) is 10.8 Å². The highest BCUT2D eigenvalue weighted by Gasteiger charge is 2.23. The summed E-state index contributed by atoms with van der Waals surface area (Å²) in [4.78, 5) is 35.6. The number of piperidine rings is 1. The van der Waals surface area contributed by atoms with Crippen LogP contribution in [-0.2, 0) is 11.2 Å². The quantitative estimate of drug-likeness (QED) is 0.249. The van der Waals surface area contributed by atoms with E-state index < -0.39 is 5.97 Å². The monoisotopic (exact) mass is 514 g/mol. The fourth-order valence-corrected chi connectivity index (χ4v) is 4.73. The molecule has 188 valence electrons. The molecule has 0 radical (unpaired) electrons. The van der Waals surface area contributed by atoms with Crippen LogP contribution in [0.4, 0.5) is 11.5 Å². The standard InChI is InChI=1S/C29H27ClN4O3/c1-19(35)37-26-27(30)32-25(33-28(26)34-15-5-2-6-16-34)17-20-9-13-24(14-10-20)31-29(36)23-12-11-21-7-3-4-8-22(21)18-23/h3-4,7-14,18H,2,5-6,15-17H2,1H3,(H,31,36). The first-order chi connectivity index (χ1) is 18.0. The van der Waals surface area contributed by atoms with E-state index in [1.165, 1.54) is 6.92 Å². The van der Waals surface area contributed by atoms with Crippen molar-refractivity contribution in [3.8, 4) is 5.75 Å². The zero-order valence-corrected chi connectivity index (χ0v) is 21.3. The molecule has 0 bridgehead atoms. The number of anilines is 2. The number of fused-ring (bicyclic) bond motifs is 1. The second kappa shape index (κ2) is 11.0. The van der Waals surface area contributed by atoms with Crippen molar-refractivity contribution in [1.82, 2.24) is 9.97 Å². The van der Waals surface area contributed by atoms with Crippen LogP contribution in [0.1, 0.15) is 47.9 Å². The Hall–Kier alpha value is -3.97. The van der Waals surface area contributed by atoms with Gasteiger partial charge in [0.15, 0.2) is 11.0 Å². The van der Waals surface area contributed by atoms with E-state index in [-0.39, 0.29) is 16.8 Å². The normalized spacial score (nSPS) is 13.4. The van der Waals surface area contributed by atoms with E-state index >= 15 is 0 Å². The number of nitrogens with one attached hydrogen (secondary N) is 1. The maximum Gasteiger partial charge on any atom is 0.308 e. The first-order valence-corrected chi connectivity index (χ1v) is 12.7. The highest BCUT2D eigenvalue weighted by Crippen LogP contribution is 2.35. The number of ether oxygens (including phenoxy) is 1. The van der Waals surface area contributed by atoms with Gasteiger partial charge in [-0.2, -0.15) is 0 Å². The van der Waals surface area contributed by atoms with Gasteiger partial charge in [-0.05, 0) is 59.9 Å². The zero-order valence-electron chi connectivity index (χ0n) is 20.5. The zero-order chi connectivity index (χ0) is 25.8. The average Bonchev–Trinajstić information content (AvgIpc) is 2.91. The van der Waals surface area contributed by atoms with Gasteiger partial charge in [0.2, 0.25) is 5.75 Å². The first kappa shape index (κ1) is 24.7. The third-order valence-electron chi connectivity index (χ3n) is 6.34. The summed E-state index contributed by atoms with van der Waals surface area (Å²) >= 11 is 6.44. The molecule has 1 aliphatic rings. The van der Waals surface area contributed by atoms with Crippen molar-refractivity contribution in [2.24, 2.45) is 0 Å². The number of carbonyl (C=O) groups excluding carboxylic acids is 2. The van der Waals surface area contributed by atoms with Gasteiger partial charge in [0.1, 0.15) is 5.82 Å². The lowest BCUT2D eigenvalue weighted by molar-refractivity contribution is -0.131. The van der Waals surface area contributed by atoms with E-state index in [1.807, 2.05) is 66.7 Å². The van der Waals surface area contributed by atoms with Crippen LogP contribution >= 0.6 is 11.6 Å². The summed E-state index contributed by atoms with van der Waals surface area (Å²) in [6.45, 7) is 2.99. The number of hydrogen-bond donors (Lipinski definition) is 1. The lowest BCUT2D eigenvalue weighted by atomic mass is 10.1. The van der Waals surface area contributed by atoms with Crippen LogP contribution in [0.5, 0.6) is 5.75 Å². The summed E-state index contributed by atoms with van der Waals surface area (Å²) in [5.41, 5.74) is 2.26. The van der Waals surface area contributed by atoms with Crippen molar-refractivity contribution in [2.75, 3.05) is 23.3 Å². The molecule has 4 aromatic rings. The van der Waals surface area contributed by atoms with E-state index in [2.05, 4.69) is 15.2 Å². The molecule has 0 saturated carbocycles. The third kappa shape index (κ3) is 5.89. The number of hydrogen-bond acceptors (Lipinski definition) is 6. The lowest BCUT2D eigenvalue weighted by Crippen LogP contribution is -2.31. The molecule has 0 unspecified atom stereocenters. The summed E-state index contributed by atoms with van der Waals surface area (Å²) in [6.07, 6.45) is 3.69. The summed E-state index contributed by atoms with van der Waals surface area (Å²) in [5, 5.41) is 5.19. The van der Waals surface area contributed by atoms with Gasteiger partial charge in [-0.15, -0.1) is 0 Å². The van der Waals surface area contributed by atoms with Crippen molar-refractivity contribution in [2.45, 2.75) is 32.6 Å². The summed E-state index contributed by atoms with van der Waals surface area (Å²) in [7, 11) is 0. The maximum atomic E-state index is 12.8. The van der Waals surface area contributed by atoms with Gasteiger partial charge in [-0.1, -0.05) is 54.1 Å². The van der Waals surface area contributed by atoms with Crippen LogP contribution in [0.2, 0.25) is 5.15 Å². The van der Waals surface area contributed by atoms with Crippen molar-refractivity contribution >= 4 is 45.8 Å². The Balaban J connectivity index is 1.31. The fourth-order valence-electron chi connectivity index (χ4n) is 4.51. The van der Waals surface area contributed by atoms with E-state index in [9.17, 15) is 9.59 Å². The lowest BCUT2D eigenvalue weighted by Gasteiger charge is -2.29. The average molecular weight is 515 g/mol. The van der Waals surface area contributed by atoms with Crippen LogP contribution in [0.15, 0.2) is 66.7 Å². The highest BCUT2D eigenvalue weighted by molar-refractivity contribution is 6.31. The number of carbonyl (C=O) groups is 2. The van der Waals surface area contributed by atoms with Crippen molar-refractivity contribution in [3.63, 3.8) is 0 Å². The SMILES string of the molecule is CC(=O)Oc1c(Cl)nc(Cc2ccc(NC(=O)c3ccc4ccccc4c3)cc2)nc1N1CCCCC1. The second-order valence-corrected chi connectivity index (χ2v) is 9.47. The Morgan fingerprint density at radius 1 is 0.946 bits per heavy atom. The molecule has 1 fully saturated rings. The molecule has 3 aromatic carbocycles. The molecule has 8 heteroatoms. The second-order valence-electron chi connectivity index (χ2n) is 9.11. The predicted molar refractivity (Wildman–Crippen MR) is 146 cm³/mol. The Labute approximate surface area is 220 Å². The van der Waals surface area contributed by atoms with Gasteiger partial charge in [0.25, 0.3) is 5.91 Å². The summed E-state index contributed by atoms with van der Waals surface area (Å²) in [6, 6.07) is 21.2. The minimum absolute atomic E-state index is 0.125. The number of halogens is 1. The Morgan fingerprint density at radius 3 is 2.41 bits per heavy atom. The smallest absolute Gasteiger partial charge is 0.308 e. The van der Waals surface area contributed by atoms with Gasteiger partial charge in [0, 0.05) is 37.7 Å². The van der Waals surface area contributed by atoms with Gasteiger partial charge in [0.05, 0.1) is 0 Å². The van der Waals surface area contributed by atoms with Gasteiger partial charge in [-0.3, -0.25) is 9.59 Å². The topological polar surface area (TPSA) is 84.4 Å². The number of rotatable bonds is 6. The summed E-state index contributed by atoms with van der Waals surface area (Å²) in [5.74, 6) is 0.684. The minimum atomic E-state index is -0.460. The summed E-state index contributed by atoms with van der Waals surface area (Å²) < 4.78 is 5.37. The van der Waals surface area contributed by atoms with E-state index in [4.69, 9.17) is 21.3 Å². The minimum Gasteiger partial charge on any atom is -0.419 e. The number of aromatic nitrogens is 2. The van der Waals surface area contributed by atoms with Crippen molar-refractivity contribution in [1.29, 1.82) is 0 Å². The molecule has 5 rings (SSSR count). The molecule has 1 saturated heterocycles. The molecular formula is C29H27ClN4O3. The molecule has 1 aliphatic heterocycles. The molecule has 0 aliphatic carbocycles. The molecule has 2 heterocycles. The van der Waals surface area contributed by atoms with Crippen molar-refractivity contribution < 1.29 is 14.3 Å².